The van der Waals surface area contributed by atoms with Crippen LogP contribution >= 0.6 is 0 Å². The minimum Gasteiger partial charge on any atom is -0.340 e. The molecule has 168 valence electrons. The lowest BCUT2D eigenvalue weighted by Gasteiger charge is -2.19. The number of imidazole rings is 1. The summed E-state index contributed by atoms with van der Waals surface area (Å²) in [4.78, 5) is 38.7. The number of anilines is 1. The zero-order valence-electron chi connectivity index (χ0n) is 18.4. The second-order valence-corrected chi connectivity index (χ2v) is 7.68. The first-order valence-corrected chi connectivity index (χ1v) is 11.0. The van der Waals surface area contributed by atoms with Gasteiger partial charge in [-0.15, -0.1) is 0 Å². The van der Waals surface area contributed by atoms with Crippen LogP contribution in [0, 0.1) is 0 Å². The number of nitrogens with one attached hydrogen (secondary N) is 2. The highest BCUT2D eigenvalue weighted by Gasteiger charge is 2.23. The number of benzene rings is 3. The molecule has 0 spiro atoms. The molecule has 0 saturated heterocycles. The summed E-state index contributed by atoms with van der Waals surface area (Å²) in [6.07, 6.45) is 0.0690. The third-order valence-corrected chi connectivity index (χ3v) is 5.55. The zero-order chi connectivity index (χ0) is 23.2. The van der Waals surface area contributed by atoms with Gasteiger partial charge in [0, 0.05) is 25.2 Å². The van der Waals surface area contributed by atoms with Crippen molar-refractivity contribution in [2.75, 3.05) is 5.32 Å². The van der Waals surface area contributed by atoms with Crippen LogP contribution in [0.2, 0.25) is 0 Å². The lowest BCUT2D eigenvalue weighted by molar-refractivity contribution is -0.126. The van der Waals surface area contributed by atoms with Gasteiger partial charge >= 0.3 is 5.69 Å². The van der Waals surface area contributed by atoms with Crippen molar-refractivity contribution in [2.45, 2.75) is 32.5 Å². The number of hydrogen-bond acceptors (Lipinski definition) is 3. The zero-order valence-corrected chi connectivity index (χ0v) is 18.4. The molecule has 1 unspecified atom stereocenters. The highest BCUT2D eigenvalue weighted by molar-refractivity contribution is 5.97. The molecule has 1 atom stereocenters. The van der Waals surface area contributed by atoms with Gasteiger partial charge in [0.05, 0.1) is 11.0 Å². The fourth-order valence-corrected chi connectivity index (χ4v) is 3.92. The molecule has 33 heavy (non-hydrogen) atoms. The van der Waals surface area contributed by atoms with Crippen LogP contribution in [-0.4, -0.2) is 20.9 Å². The number of carbonyl (C=O) groups excluding carboxylic acids is 2. The van der Waals surface area contributed by atoms with Crippen LogP contribution in [0.25, 0.3) is 11.0 Å². The Morgan fingerprint density at radius 3 is 2.03 bits per heavy atom. The second kappa shape index (κ2) is 9.99. The number of nitrogens with zero attached hydrogens (tertiary/aromatic N) is 2. The molecule has 3 aromatic carbocycles. The summed E-state index contributed by atoms with van der Waals surface area (Å²) in [6.45, 7) is 2.69. The van der Waals surface area contributed by atoms with E-state index >= 15 is 0 Å². The summed E-state index contributed by atoms with van der Waals surface area (Å²) < 4.78 is 3.30. The van der Waals surface area contributed by atoms with Gasteiger partial charge in [-0.1, -0.05) is 60.7 Å². The molecular weight excluding hydrogens is 416 g/mol. The summed E-state index contributed by atoms with van der Waals surface area (Å²) in [6, 6.07) is 24.9. The molecule has 2 amide bonds. The largest absolute Gasteiger partial charge is 0.340 e. The van der Waals surface area contributed by atoms with Gasteiger partial charge in [-0.25, -0.2) is 4.79 Å². The summed E-state index contributed by atoms with van der Waals surface area (Å²) in [5.41, 5.74) is 2.82. The van der Waals surface area contributed by atoms with Gasteiger partial charge in [0.2, 0.25) is 5.91 Å². The van der Waals surface area contributed by atoms with Crippen LogP contribution in [0.1, 0.15) is 24.9 Å². The molecule has 1 heterocycles. The number of hydrogen-bond donors (Lipinski definition) is 2. The standard InChI is InChI=1S/C26H26N4O3/c1-2-29-21-15-9-10-16-22(21)30(26(29)33)18-17-23(31)28-24(19-11-5-3-6-12-19)25(32)27-20-13-7-4-8-14-20/h3-16,24H,2,17-18H2,1H3,(H,27,32)(H,28,31). The van der Waals surface area contributed by atoms with Gasteiger partial charge in [-0.05, 0) is 36.8 Å². The predicted molar refractivity (Wildman–Crippen MR) is 129 cm³/mol. The van der Waals surface area contributed by atoms with Crippen LogP contribution in [0.4, 0.5) is 5.69 Å². The first-order valence-electron chi connectivity index (χ1n) is 11.0. The van der Waals surface area contributed by atoms with Crippen molar-refractivity contribution in [3.05, 3.63) is 101 Å². The van der Waals surface area contributed by atoms with E-state index in [0.717, 1.165) is 11.0 Å². The average Bonchev–Trinajstić information content (AvgIpc) is 3.12. The van der Waals surface area contributed by atoms with Gasteiger partial charge in [-0.2, -0.15) is 0 Å². The average molecular weight is 443 g/mol. The topological polar surface area (TPSA) is 85.1 Å². The van der Waals surface area contributed by atoms with Crippen molar-refractivity contribution < 1.29 is 9.59 Å². The normalized spacial score (nSPS) is 11.8. The maximum Gasteiger partial charge on any atom is 0.329 e. The number of amides is 2. The maximum absolute atomic E-state index is 13.0. The van der Waals surface area contributed by atoms with Crippen LogP contribution in [0.3, 0.4) is 0 Å². The number of fused-ring (bicyclic) bond motifs is 1. The number of carbonyl (C=O) groups is 2. The van der Waals surface area contributed by atoms with Crippen LogP contribution in [0.5, 0.6) is 0 Å². The van der Waals surface area contributed by atoms with E-state index in [9.17, 15) is 14.4 Å². The summed E-state index contributed by atoms with van der Waals surface area (Å²) >= 11 is 0. The number of para-hydroxylation sites is 3. The molecule has 0 aliphatic carbocycles. The van der Waals surface area contributed by atoms with E-state index in [1.165, 1.54) is 0 Å². The molecule has 0 bridgehead atoms. The summed E-state index contributed by atoms with van der Waals surface area (Å²) in [5.74, 6) is -0.646. The minimum atomic E-state index is -0.854. The molecule has 4 rings (SSSR count). The molecular formula is C26H26N4O3. The van der Waals surface area contributed by atoms with E-state index < -0.39 is 6.04 Å². The highest BCUT2D eigenvalue weighted by Crippen LogP contribution is 2.17. The smallest absolute Gasteiger partial charge is 0.329 e. The molecule has 7 heteroatoms. The van der Waals surface area contributed by atoms with Crippen LogP contribution in [0.15, 0.2) is 89.7 Å². The SMILES string of the molecule is CCn1c(=O)n(CCC(=O)NC(C(=O)Nc2ccccc2)c2ccccc2)c2ccccc21. The quantitative estimate of drug-likeness (QED) is 0.436. The monoisotopic (exact) mass is 442 g/mol. The fraction of sp³-hybridized carbons (Fsp3) is 0.192. The van der Waals surface area contributed by atoms with Crippen molar-refractivity contribution in [3.63, 3.8) is 0 Å². The van der Waals surface area contributed by atoms with Crippen LogP contribution < -0.4 is 16.3 Å². The Morgan fingerprint density at radius 1 is 0.818 bits per heavy atom. The van der Waals surface area contributed by atoms with Gasteiger partial charge in [-0.3, -0.25) is 18.7 Å². The predicted octanol–water partition coefficient (Wildman–Crippen LogP) is 3.71. The Bertz CT molecular complexity index is 1310. The molecule has 7 nitrogen and oxygen atoms in total. The molecule has 4 aromatic rings. The molecule has 1 aromatic heterocycles. The van der Waals surface area contributed by atoms with Crippen molar-refractivity contribution in [1.82, 2.24) is 14.5 Å². The molecule has 0 aliphatic heterocycles. The summed E-state index contributed by atoms with van der Waals surface area (Å²) in [7, 11) is 0. The number of aromatic nitrogens is 2. The Morgan fingerprint density at radius 2 is 1.39 bits per heavy atom. The van der Waals surface area contributed by atoms with Crippen molar-refractivity contribution in [3.8, 4) is 0 Å². The molecule has 0 radical (unpaired) electrons. The Hall–Kier alpha value is -4.13. The lowest BCUT2D eigenvalue weighted by Crippen LogP contribution is -2.37. The first-order chi connectivity index (χ1) is 16.1. The summed E-state index contributed by atoms with van der Waals surface area (Å²) in [5, 5.41) is 5.69. The van der Waals surface area contributed by atoms with Gasteiger partial charge in [0.15, 0.2) is 0 Å². The molecule has 0 fully saturated rings. The highest BCUT2D eigenvalue weighted by atomic mass is 16.2. The van der Waals surface area contributed by atoms with E-state index in [1.54, 1.807) is 33.4 Å². The molecule has 0 aliphatic rings. The Kier molecular flexibility index (Phi) is 6.69. The van der Waals surface area contributed by atoms with E-state index in [4.69, 9.17) is 0 Å². The van der Waals surface area contributed by atoms with Crippen molar-refractivity contribution >= 4 is 28.5 Å². The minimum absolute atomic E-state index is 0.0690. The second-order valence-electron chi connectivity index (χ2n) is 7.68. The van der Waals surface area contributed by atoms with Gasteiger partial charge in [0.1, 0.15) is 6.04 Å². The van der Waals surface area contributed by atoms with Gasteiger partial charge < -0.3 is 10.6 Å². The first kappa shape index (κ1) is 22.1. The molecule has 0 saturated carbocycles. The third kappa shape index (κ3) is 4.87. The molecule has 2 N–H and O–H groups in total. The number of rotatable bonds is 8. The third-order valence-electron chi connectivity index (χ3n) is 5.55. The van der Waals surface area contributed by atoms with Crippen molar-refractivity contribution in [1.29, 1.82) is 0 Å². The maximum atomic E-state index is 13.0. The fourth-order valence-electron chi connectivity index (χ4n) is 3.92. The van der Waals surface area contributed by atoms with Crippen molar-refractivity contribution in [2.24, 2.45) is 0 Å². The van der Waals surface area contributed by atoms with E-state index in [-0.39, 0.29) is 30.5 Å². The van der Waals surface area contributed by atoms with E-state index in [1.807, 2.05) is 67.6 Å². The van der Waals surface area contributed by atoms with Gasteiger partial charge in [0.25, 0.3) is 5.91 Å². The Balaban J connectivity index is 1.51. The van der Waals surface area contributed by atoms with E-state index in [2.05, 4.69) is 10.6 Å². The number of aryl methyl sites for hydroxylation is 2. The lowest BCUT2D eigenvalue weighted by atomic mass is 10.1. The Labute approximate surface area is 191 Å². The van der Waals surface area contributed by atoms with E-state index in [0.29, 0.717) is 17.8 Å². The van der Waals surface area contributed by atoms with Crippen LogP contribution in [-0.2, 0) is 22.7 Å².